The summed E-state index contributed by atoms with van der Waals surface area (Å²) in [5, 5.41) is 13.2. The standard InChI is InChI=1S/C8H13NO2.C2H6/c1-4-6-5-7(9-11-6)8(2,3)10;1-2/h5,10H,4H2,1-3H3;1-2H3. The van der Waals surface area contributed by atoms with E-state index in [1.54, 1.807) is 19.9 Å². The van der Waals surface area contributed by atoms with Crippen molar-refractivity contribution in [2.45, 2.75) is 46.6 Å². The first-order chi connectivity index (χ1) is 6.04. The summed E-state index contributed by atoms with van der Waals surface area (Å²) in [5.41, 5.74) is -0.300. The van der Waals surface area contributed by atoms with Gasteiger partial charge in [-0.1, -0.05) is 25.9 Å². The Hall–Kier alpha value is -0.830. The van der Waals surface area contributed by atoms with Crippen LogP contribution < -0.4 is 0 Å². The molecule has 0 aliphatic rings. The van der Waals surface area contributed by atoms with Crippen LogP contribution in [0.4, 0.5) is 0 Å². The van der Waals surface area contributed by atoms with Gasteiger partial charge in [-0.2, -0.15) is 0 Å². The molecule has 0 unspecified atom stereocenters. The van der Waals surface area contributed by atoms with E-state index >= 15 is 0 Å². The SMILES string of the molecule is CC.CCc1cc(C(C)(C)O)no1. The van der Waals surface area contributed by atoms with Gasteiger partial charge < -0.3 is 9.63 Å². The Kier molecular flexibility index (Phi) is 4.70. The number of aromatic nitrogens is 1. The molecular formula is C10H19NO2. The minimum atomic E-state index is -0.892. The van der Waals surface area contributed by atoms with Gasteiger partial charge in [-0.05, 0) is 13.8 Å². The normalized spacial score (nSPS) is 10.6. The molecule has 1 aromatic heterocycles. The van der Waals surface area contributed by atoms with Gasteiger partial charge in [0.2, 0.25) is 0 Å². The predicted octanol–water partition coefficient (Wildman–Crippen LogP) is 2.49. The maximum absolute atomic E-state index is 9.48. The van der Waals surface area contributed by atoms with Crippen LogP contribution in [0.1, 0.15) is 46.1 Å². The molecule has 13 heavy (non-hydrogen) atoms. The van der Waals surface area contributed by atoms with Crippen molar-refractivity contribution in [1.29, 1.82) is 0 Å². The van der Waals surface area contributed by atoms with Crippen LogP contribution in [0.3, 0.4) is 0 Å². The lowest BCUT2D eigenvalue weighted by Gasteiger charge is -2.11. The lowest BCUT2D eigenvalue weighted by molar-refractivity contribution is 0.0700. The zero-order chi connectivity index (χ0) is 10.5. The lowest BCUT2D eigenvalue weighted by Crippen LogP contribution is -2.15. The Bertz CT molecular complexity index is 235. The third-order valence-corrected chi connectivity index (χ3v) is 1.53. The van der Waals surface area contributed by atoms with Gasteiger partial charge in [0.25, 0.3) is 0 Å². The molecule has 1 N–H and O–H groups in total. The molecule has 0 spiro atoms. The lowest BCUT2D eigenvalue weighted by atomic mass is 10.1. The summed E-state index contributed by atoms with van der Waals surface area (Å²) >= 11 is 0. The van der Waals surface area contributed by atoms with E-state index in [0.29, 0.717) is 5.69 Å². The van der Waals surface area contributed by atoms with Crippen molar-refractivity contribution in [3.8, 4) is 0 Å². The summed E-state index contributed by atoms with van der Waals surface area (Å²) in [6, 6.07) is 1.78. The molecule has 0 atom stereocenters. The summed E-state index contributed by atoms with van der Waals surface area (Å²) in [6.07, 6.45) is 0.809. The van der Waals surface area contributed by atoms with Crippen molar-refractivity contribution in [3.63, 3.8) is 0 Å². The predicted molar refractivity (Wildman–Crippen MR) is 52.5 cm³/mol. The molecule has 0 saturated carbocycles. The first-order valence-corrected chi connectivity index (χ1v) is 4.72. The van der Waals surface area contributed by atoms with Crippen molar-refractivity contribution in [3.05, 3.63) is 17.5 Å². The van der Waals surface area contributed by atoms with Gasteiger partial charge in [0.05, 0.1) is 0 Å². The summed E-state index contributed by atoms with van der Waals surface area (Å²) in [4.78, 5) is 0. The van der Waals surface area contributed by atoms with E-state index in [2.05, 4.69) is 5.16 Å². The van der Waals surface area contributed by atoms with Crippen LogP contribution in [0.25, 0.3) is 0 Å². The van der Waals surface area contributed by atoms with Crippen molar-refractivity contribution >= 4 is 0 Å². The third kappa shape index (κ3) is 3.59. The highest BCUT2D eigenvalue weighted by molar-refractivity contribution is 5.11. The van der Waals surface area contributed by atoms with Gasteiger partial charge >= 0.3 is 0 Å². The average Bonchev–Trinajstić information content (AvgIpc) is 2.54. The number of aryl methyl sites for hydroxylation is 1. The third-order valence-electron chi connectivity index (χ3n) is 1.53. The van der Waals surface area contributed by atoms with Gasteiger partial charge in [-0.3, -0.25) is 0 Å². The monoisotopic (exact) mass is 185 g/mol. The number of hydrogen-bond donors (Lipinski definition) is 1. The minimum absolute atomic E-state index is 0.592. The zero-order valence-corrected chi connectivity index (χ0v) is 9.09. The van der Waals surface area contributed by atoms with Gasteiger partial charge in [0.15, 0.2) is 0 Å². The molecule has 0 aliphatic heterocycles. The first-order valence-electron chi connectivity index (χ1n) is 4.72. The second kappa shape index (κ2) is 5.02. The van der Waals surface area contributed by atoms with Gasteiger partial charge in [-0.25, -0.2) is 0 Å². The Morgan fingerprint density at radius 1 is 1.46 bits per heavy atom. The number of rotatable bonds is 2. The zero-order valence-electron chi connectivity index (χ0n) is 9.09. The van der Waals surface area contributed by atoms with Crippen LogP contribution in [0.15, 0.2) is 10.6 Å². The highest BCUT2D eigenvalue weighted by Gasteiger charge is 2.20. The molecular weight excluding hydrogens is 166 g/mol. The van der Waals surface area contributed by atoms with E-state index in [9.17, 15) is 5.11 Å². The summed E-state index contributed by atoms with van der Waals surface area (Å²) in [7, 11) is 0. The highest BCUT2D eigenvalue weighted by Crippen LogP contribution is 2.18. The fourth-order valence-electron chi connectivity index (χ4n) is 0.768. The number of hydrogen-bond acceptors (Lipinski definition) is 3. The summed E-state index contributed by atoms with van der Waals surface area (Å²) in [5.74, 6) is 0.808. The molecule has 0 fully saturated rings. The van der Waals surface area contributed by atoms with E-state index in [1.165, 1.54) is 0 Å². The topological polar surface area (TPSA) is 46.3 Å². The number of aliphatic hydroxyl groups is 1. The molecule has 0 aromatic carbocycles. The van der Waals surface area contributed by atoms with Crippen LogP contribution in [-0.2, 0) is 12.0 Å². The van der Waals surface area contributed by atoms with Crippen LogP contribution in [-0.4, -0.2) is 10.3 Å². The fraction of sp³-hybridized carbons (Fsp3) is 0.700. The molecule has 1 rings (SSSR count). The minimum Gasteiger partial charge on any atom is -0.384 e. The molecule has 3 nitrogen and oxygen atoms in total. The summed E-state index contributed by atoms with van der Waals surface area (Å²) in [6.45, 7) is 9.35. The molecule has 0 amide bonds. The van der Waals surface area contributed by atoms with Crippen LogP contribution in [0.2, 0.25) is 0 Å². The van der Waals surface area contributed by atoms with Gasteiger partial charge in [0, 0.05) is 12.5 Å². The Labute approximate surface area is 79.8 Å². The highest BCUT2D eigenvalue weighted by atomic mass is 16.5. The van der Waals surface area contributed by atoms with E-state index in [0.717, 1.165) is 12.2 Å². The van der Waals surface area contributed by atoms with Gasteiger partial charge in [0.1, 0.15) is 17.1 Å². The van der Waals surface area contributed by atoms with E-state index in [-0.39, 0.29) is 0 Å². The smallest absolute Gasteiger partial charge is 0.136 e. The molecule has 1 heterocycles. The van der Waals surface area contributed by atoms with E-state index in [1.807, 2.05) is 20.8 Å². The van der Waals surface area contributed by atoms with Crippen molar-refractivity contribution < 1.29 is 9.63 Å². The maximum atomic E-state index is 9.48. The largest absolute Gasteiger partial charge is 0.384 e. The van der Waals surface area contributed by atoms with Crippen molar-refractivity contribution in [2.24, 2.45) is 0 Å². The Balaban J connectivity index is 0.000000671. The average molecular weight is 185 g/mol. The van der Waals surface area contributed by atoms with Gasteiger partial charge in [-0.15, -0.1) is 0 Å². The quantitative estimate of drug-likeness (QED) is 0.770. The maximum Gasteiger partial charge on any atom is 0.136 e. The Morgan fingerprint density at radius 3 is 2.23 bits per heavy atom. The molecule has 3 heteroatoms. The molecule has 0 bridgehead atoms. The molecule has 0 radical (unpaired) electrons. The van der Waals surface area contributed by atoms with Crippen LogP contribution >= 0.6 is 0 Å². The Morgan fingerprint density at radius 2 is 2.00 bits per heavy atom. The number of nitrogens with zero attached hydrogens (tertiary/aromatic N) is 1. The molecule has 76 valence electrons. The van der Waals surface area contributed by atoms with E-state index < -0.39 is 5.60 Å². The summed E-state index contributed by atoms with van der Waals surface area (Å²) < 4.78 is 4.93. The molecule has 0 saturated heterocycles. The van der Waals surface area contributed by atoms with Crippen molar-refractivity contribution in [2.75, 3.05) is 0 Å². The first kappa shape index (κ1) is 12.2. The van der Waals surface area contributed by atoms with Crippen LogP contribution in [0.5, 0.6) is 0 Å². The molecule has 0 aliphatic carbocycles. The van der Waals surface area contributed by atoms with Crippen molar-refractivity contribution in [1.82, 2.24) is 5.16 Å². The van der Waals surface area contributed by atoms with E-state index in [4.69, 9.17) is 4.52 Å². The molecule has 1 aromatic rings. The second-order valence-electron chi connectivity index (χ2n) is 3.09. The fourth-order valence-corrected chi connectivity index (χ4v) is 0.768. The van der Waals surface area contributed by atoms with Crippen LogP contribution in [0, 0.1) is 0 Å². The second-order valence-corrected chi connectivity index (χ2v) is 3.09.